The molecule has 80 valence electrons. The Kier molecular flexibility index (Phi) is 31.0. The molecular formula is C9H19Cs2NO3. The van der Waals surface area contributed by atoms with E-state index in [0.29, 0.717) is 12.1 Å². The van der Waals surface area contributed by atoms with E-state index in [1.807, 2.05) is 0 Å². The Balaban J connectivity index is -0.0000000883. The summed E-state index contributed by atoms with van der Waals surface area (Å²) >= 11 is 0. The summed E-state index contributed by atoms with van der Waals surface area (Å²) < 4.78 is 0. The number of hydrogen-bond acceptors (Lipinski definition) is 4. The van der Waals surface area contributed by atoms with Crippen LogP contribution < -0.4 is 148 Å². The van der Waals surface area contributed by atoms with Gasteiger partial charge in [0.05, 0.1) is 0 Å². The van der Waals surface area contributed by atoms with Crippen molar-refractivity contribution in [3.63, 3.8) is 0 Å². The molecule has 0 spiro atoms. The molecule has 15 heavy (non-hydrogen) atoms. The Bertz CT molecular complexity index is 131. The predicted octanol–water partition coefficient (Wildman–Crippen LogP) is -6.31. The maximum atomic E-state index is 8.33. The first-order chi connectivity index (χ1) is 5.82. The third-order valence-electron chi connectivity index (χ3n) is 1.69. The van der Waals surface area contributed by atoms with Gasteiger partial charge in [0, 0.05) is 12.1 Å². The van der Waals surface area contributed by atoms with Gasteiger partial charge < -0.3 is 15.0 Å². The summed E-state index contributed by atoms with van der Waals surface area (Å²) in [6, 6.07) is 1.38. The number of rotatable bonds is 3. The van der Waals surface area contributed by atoms with E-state index < -0.39 is 6.16 Å². The molecule has 0 saturated heterocycles. The Labute approximate surface area is 211 Å². The quantitative estimate of drug-likeness (QED) is 0.425. The third-order valence-corrected chi connectivity index (χ3v) is 1.69. The molecule has 0 aromatic carbocycles. The fraction of sp³-hybridized carbons (Fsp3) is 0.889. The van der Waals surface area contributed by atoms with Crippen LogP contribution in [0.15, 0.2) is 0 Å². The minimum atomic E-state index is -2.33. The monoisotopic (exact) mass is 455 g/mol. The molecule has 6 heteroatoms. The molecule has 0 unspecified atom stereocenters. The summed E-state index contributed by atoms with van der Waals surface area (Å²) in [7, 11) is 0. The van der Waals surface area contributed by atoms with Gasteiger partial charge in [0.2, 0.25) is 0 Å². The van der Waals surface area contributed by atoms with Crippen molar-refractivity contribution in [3.05, 3.63) is 0 Å². The van der Waals surface area contributed by atoms with Crippen LogP contribution in [0.1, 0.15) is 34.6 Å². The summed E-state index contributed by atoms with van der Waals surface area (Å²) in [5.41, 5.74) is 0. The molecule has 0 saturated carbocycles. The van der Waals surface area contributed by atoms with Crippen molar-refractivity contribution in [3.8, 4) is 0 Å². The minimum absolute atomic E-state index is 0. The number of carboxylic acid groups (broad SMARTS) is 2. The van der Waals surface area contributed by atoms with Crippen LogP contribution >= 0.6 is 0 Å². The first kappa shape index (κ1) is 26.8. The van der Waals surface area contributed by atoms with Gasteiger partial charge in [-0.25, -0.2) is 0 Å². The Hall–Kier alpha value is 3.33. The molecule has 0 N–H and O–H groups in total. The van der Waals surface area contributed by atoms with E-state index in [9.17, 15) is 0 Å². The molecule has 4 nitrogen and oxygen atoms in total. The van der Waals surface area contributed by atoms with Gasteiger partial charge in [0.15, 0.2) is 0 Å². The molecule has 0 radical (unpaired) electrons. The van der Waals surface area contributed by atoms with Gasteiger partial charge >= 0.3 is 138 Å². The number of carbonyl (C=O) groups is 1. The van der Waals surface area contributed by atoms with Crippen molar-refractivity contribution in [2.75, 3.05) is 6.54 Å². The molecule has 0 aliphatic heterocycles. The van der Waals surface area contributed by atoms with Gasteiger partial charge in [-0.3, -0.25) is 4.90 Å². The van der Waals surface area contributed by atoms with Crippen molar-refractivity contribution in [2.24, 2.45) is 0 Å². The Morgan fingerprint density at radius 1 is 1.07 bits per heavy atom. The predicted molar refractivity (Wildman–Crippen MR) is 48.0 cm³/mol. The van der Waals surface area contributed by atoms with E-state index in [0.717, 1.165) is 6.54 Å². The van der Waals surface area contributed by atoms with Crippen molar-refractivity contribution >= 4 is 6.16 Å². The van der Waals surface area contributed by atoms with Crippen LogP contribution in [0.4, 0.5) is 4.79 Å². The van der Waals surface area contributed by atoms with Gasteiger partial charge in [-0.15, -0.1) is 0 Å². The zero-order valence-corrected chi connectivity index (χ0v) is 23.6. The van der Waals surface area contributed by atoms with Gasteiger partial charge in [-0.2, -0.15) is 0 Å². The molecule has 0 fully saturated rings. The van der Waals surface area contributed by atoms with Gasteiger partial charge in [-0.1, -0.05) is 6.92 Å². The summed E-state index contributed by atoms with van der Waals surface area (Å²) in [5.74, 6) is 0. The minimum Gasteiger partial charge on any atom is -0.652 e. The zero-order valence-electron chi connectivity index (χ0n) is 11.0. The van der Waals surface area contributed by atoms with Crippen LogP contribution in [-0.2, 0) is 0 Å². The summed E-state index contributed by atoms with van der Waals surface area (Å²) in [6.45, 7) is 12.3. The van der Waals surface area contributed by atoms with Gasteiger partial charge in [-0.05, 0) is 40.4 Å². The topological polar surface area (TPSA) is 66.4 Å². The van der Waals surface area contributed by atoms with Crippen molar-refractivity contribution in [1.29, 1.82) is 0 Å². The van der Waals surface area contributed by atoms with Crippen LogP contribution in [0.3, 0.4) is 0 Å². The summed E-state index contributed by atoms with van der Waals surface area (Å²) in [5, 5.41) is 16.7. The van der Waals surface area contributed by atoms with Crippen LogP contribution in [0.2, 0.25) is 0 Å². The molecular weight excluding hydrogens is 436 g/mol. The molecule has 0 atom stereocenters. The first-order valence-electron chi connectivity index (χ1n) is 4.46. The molecule has 0 aromatic rings. The second kappa shape index (κ2) is 17.3. The zero-order chi connectivity index (χ0) is 11.0. The largest absolute Gasteiger partial charge is 1.00 e. The maximum absolute atomic E-state index is 8.33. The van der Waals surface area contributed by atoms with E-state index in [-0.39, 0.29) is 138 Å². The summed E-state index contributed by atoms with van der Waals surface area (Å²) in [4.78, 5) is 10.8. The molecule has 0 bridgehead atoms. The number of nitrogens with zero attached hydrogens (tertiary/aromatic N) is 1. The number of hydrogen-bond donors (Lipinski definition) is 0. The Morgan fingerprint density at radius 3 is 1.27 bits per heavy atom. The fourth-order valence-electron chi connectivity index (χ4n) is 1.33. The van der Waals surface area contributed by atoms with Crippen LogP contribution in [0.5, 0.6) is 0 Å². The Morgan fingerprint density at radius 2 is 1.27 bits per heavy atom. The van der Waals surface area contributed by atoms with Crippen molar-refractivity contribution < 1.29 is 153 Å². The average molecular weight is 455 g/mol. The van der Waals surface area contributed by atoms with Crippen LogP contribution in [0, 0.1) is 0 Å². The molecule has 0 amide bonds. The van der Waals surface area contributed by atoms with Gasteiger partial charge in [0.25, 0.3) is 0 Å². The van der Waals surface area contributed by atoms with Crippen molar-refractivity contribution in [1.82, 2.24) is 4.90 Å². The maximum Gasteiger partial charge on any atom is 1.00 e. The van der Waals surface area contributed by atoms with E-state index in [1.54, 1.807) is 0 Å². The molecule has 0 aromatic heterocycles. The summed E-state index contributed by atoms with van der Waals surface area (Å²) in [6.07, 6.45) is -2.33. The first-order valence-corrected chi connectivity index (χ1v) is 4.46. The van der Waals surface area contributed by atoms with E-state index >= 15 is 0 Å². The van der Waals surface area contributed by atoms with Crippen molar-refractivity contribution in [2.45, 2.75) is 46.7 Å². The molecule has 0 aliphatic carbocycles. The van der Waals surface area contributed by atoms with Crippen LogP contribution in [0.25, 0.3) is 0 Å². The van der Waals surface area contributed by atoms with E-state index in [4.69, 9.17) is 15.0 Å². The average Bonchev–Trinajstić information content (AvgIpc) is 1.84. The van der Waals surface area contributed by atoms with Crippen LogP contribution in [-0.4, -0.2) is 29.7 Å². The van der Waals surface area contributed by atoms with E-state index in [2.05, 4.69) is 39.5 Å². The normalized spacial score (nSPS) is 8.80. The van der Waals surface area contributed by atoms with Gasteiger partial charge in [0.1, 0.15) is 0 Å². The SMILES string of the molecule is CCN(C(C)C)C(C)C.O=C([O-])[O-].[Cs+].[Cs+]. The molecule has 0 rings (SSSR count). The molecule has 0 aliphatic rings. The molecule has 0 heterocycles. The second-order valence-electron chi connectivity index (χ2n) is 3.27. The fourth-order valence-corrected chi connectivity index (χ4v) is 1.33. The van der Waals surface area contributed by atoms with E-state index in [1.165, 1.54) is 0 Å². The standard InChI is InChI=1S/C8H19N.CH2O3.2Cs/c1-6-9(7(2)3)8(4)5;2-1(3)4;;/h7-8H,6H2,1-5H3;(H2,2,3,4);;/q;;2*+1/p-2. The smallest absolute Gasteiger partial charge is 0.652 e. The number of carbonyl (C=O) groups excluding carboxylic acids is 1. The third kappa shape index (κ3) is 22.9. The second-order valence-corrected chi connectivity index (χ2v) is 3.27.